The SMILES string of the molecule is Cc1sc(-c2ccc(C(=O)O)cc2)nc1OCC(=O)NC1CCC(C)CC1. The van der Waals surface area contributed by atoms with Crippen LogP contribution >= 0.6 is 11.3 Å². The Morgan fingerprint density at radius 1 is 1.22 bits per heavy atom. The lowest BCUT2D eigenvalue weighted by atomic mass is 9.87. The Morgan fingerprint density at radius 2 is 1.89 bits per heavy atom. The second kappa shape index (κ2) is 8.52. The quantitative estimate of drug-likeness (QED) is 0.784. The van der Waals surface area contributed by atoms with Crippen molar-refractivity contribution in [2.24, 2.45) is 5.92 Å². The molecule has 0 aliphatic heterocycles. The highest BCUT2D eigenvalue weighted by Crippen LogP contribution is 2.32. The van der Waals surface area contributed by atoms with Gasteiger partial charge in [0.15, 0.2) is 6.61 Å². The number of aromatic nitrogens is 1. The van der Waals surface area contributed by atoms with Crippen LogP contribution in [0.1, 0.15) is 47.8 Å². The Balaban J connectivity index is 1.56. The van der Waals surface area contributed by atoms with Crippen molar-refractivity contribution >= 4 is 23.2 Å². The molecule has 1 aromatic heterocycles. The zero-order valence-electron chi connectivity index (χ0n) is 15.5. The second-order valence-corrected chi connectivity index (χ2v) is 8.28. The van der Waals surface area contributed by atoms with Gasteiger partial charge >= 0.3 is 5.97 Å². The molecule has 1 aliphatic carbocycles. The molecule has 1 saturated carbocycles. The standard InChI is InChI=1S/C20H24N2O4S/c1-12-3-9-16(10-4-12)21-17(23)11-26-18-13(2)27-19(22-18)14-5-7-15(8-6-14)20(24)25/h5-8,12,16H,3-4,9-11H2,1-2H3,(H,21,23)(H,24,25). The first-order valence-corrected chi connectivity index (χ1v) is 9.97. The van der Waals surface area contributed by atoms with E-state index in [1.54, 1.807) is 24.3 Å². The van der Waals surface area contributed by atoms with Crippen LogP contribution in [0.2, 0.25) is 0 Å². The van der Waals surface area contributed by atoms with Crippen molar-refractivity contribution in [3.63, 3.8) is 0 Å². The fourth-order valence-corrected chi connectivity index (χ4v) is 4.07. The van der Waals surface area contributed by atoms with Crippen LogP contribution in [0.25, 0.3) is 10.6 Å². The van der Waals surface area contributed by atoms with E-state index in [0.717, 1.165) is 47.0 Å². The second-order valence-electron chi connectivity index (χ2n) is 7.08. The number of nitrogens with zero attached hydrogens (tertiary/aromatic N) is 1. The van der Waals surface area contributed by atoms with Crippen molar-refractivity contribution in [2.75, 3.05) is 6.61 Å². The van der Waals surface area contributed by atoms with Crippen molar-refractivity contribution in [1.82, 2.24) is 10.3 Å². The number of carboxylic acids is 1. The lowest BCUT2D eigenvalue weighted by Gasteiger charge is -2.26. The molecule has 3 rings (SSSR count). The van der Waals surface area contributed by atoms with E-state index >= 15 is 0 Å². The molecule has 0 radical (unpaired) electrons. The van der Waals surface area contributed by atoms with Gasteiger partial charge in [-0.1, -0.05) is 19.1 Å². The number of hydrogen-bond acceptors (Lipinski definition) is 5. The average molecular weight is 388 g/mol. The third-order valence-corrected chi connectivity index (χ3v) is 5.85. The lowest BCUT2D eigenvalue weighted by molar-refractivity contribution is -0.124. The molecule has 6 nitrogen and oxygen atoms in total. The van der Waals surface area contributed by atoms with Crippen molar-refractivity contribution in [1.29, 1.82) is 0 Å². The van der Waals surface area contributed by atoms with Crippen LogP contribution in [0.4, 0.5) is 0 Å². The Bertz CT molecular complexity index is 808. The fraction of sp³-hybridized carbons (Fsp3) is 0.450. The van der Waals surface area contributed by atoms with E-state index in [1.165, 1.54) is 11.3 Å². The summed E-state index contributed by atoms with van der Waals surface area (Å²) in [6, 6.07) is 6.79. The number of ether oxygens (including phenoxy) is 1. The van der Waals surface area contributed by atoms with E-state index in [-0.39, 0.29) is 24.1 Å². The summed E-state index contributed by atoms with van der Waals surface area (Å²) in [4.78, 5) is 28.4. The van der Waals surface area contributed by atoms with Crippen molar-refractivity contribution in [3.05, 3.63) is 34.7 Å². The number of amides is 1. The Labute approximate surface area is 162 Å². The zero-order valence-corrected chi connectivity index (χ0v) is 16.3. The minimum absolute atomic E-state index is 0.0476. The Morgan fingerprint density at radius 3 is 2.52 bits per heavy atom. The maximum atomic E-state index is 12.1. The number of nitrogens with one attached hydrogen (secondary N) is 1. The summed E-state index contributed by atoms with van der Waals surface area (Å²) in [6.07, 6.45) is 4.36. The number of carboxylic acid groups (broad SMARTS) is 1. The number of rotatable bonds is 6. The number of hydrogen-bond donors (Lipinski definition) is 2. The van der Waals surface area contributed by atoms with Gasteiger partial charge in [-0.3, -0.25) is 4.79 Å². The molecule has 144 valence electrons. The minimum atomic E-state index is -0.959. The largest absolute Gasteiger partial charge is 0.478 e. The molecule has 0 spiro atoms. The fourth-order valence-electron chi connectivity index (χ4n) is 3.20. The van der Waals surface area contributed by atoms with Gasteiger partial charge in [-0.05, 0) is 50.7 Å². The van der Waals surface area contributed by atoms with E-state index < -0.39 is 5.97 Å². The van der Waals surface area contributed by atoms with Gasteiger partial charge in [0.25, 0.3) is 5.91 Å². The van der Waals surface area contributed by atoms with E-state index in [2.05, 4.69) is 17.2 Å². The van der Waals surface area contributed by atoms with Gasteiger partial charge in [0, 0.05) is 11.6 Å². The average Bonchev–Trinajstić information content (AvgIpc) is 3.03. The van der Waals surface area contributed by atoms with Crippen LogP contribution in [0.5, 0.6) is 5.88 Å². The number of benzene rings is 1. The predicted octanol–water partition coefficient (Wildman–Crippen LogP) is 3.89. The highest BCUT2D eigenvalue weighted by Gasteiger charge is 2.20. The Kier molecular flexibility index (Phi) is 6.11. The number of carbonyl (C=O) groups is 2. The van der Waals surface area contributed by atoms with Gasteiger partial charge in [-0.25, -0.2) is 9.78 Å². The van der Waals surface area contributed by atoms with Gasteiger partial charge in [0.05, 0.1) is 10.4 Å². The number of aromatic carboxylic acids is 1. The van der Waals surface area contributed by atoms with Crippen molar-refractivity contribution in [2.45, 2.75) is 45.6 Å². The molecule has 7 heteroatoms. The van der Waals surface area contributed by atoms with Crippen LogP contribution < -0.4 is 10.1 Å². The number of aryl methyl sites for hydroxylation is 1. The molecule has 2 N–H and O–H groups in total. The zero-order chi connectivity index (χ0) is 19.4. The third-order valence-electron chi connectivity index (χ3n) is 4.85. The van der Waals surface area contributed by atoms with Crippen molar-refractivity contribution in [3.8, 4) is 16.5 Å². The van der Waals surface area contributed by atoms with E-state index in [9.17, 15) is 9.59 Å². The summed E-state index contributed by atoms with van der Waals surface area (Å²) in [7, 11) is 0. The van der Waals surface area contributed by atoms with E-state index in [1.807, 2.05) is 6.92 Å². The van der Waals surface area contributed by atoms with Crippen LogP contribution in [-0.2, 0) is 4.79 Å². The minimum Gasteiger partial charge on any atom is -0.478 e. The first-order valence-electron chi connectivity index (χ1n) is 9.15. The first kappa shape index (κ1) is 19.4. The van der Waals surface area contributed by atoms with Gasteiger partial charge in [-0.2, -0.15) is 0 Å². The smallest absolute Gasteiger partial charge is 0.335 e. The van der Waals surface area contributed by atoms with Gasteiger partial charge in [0.1, 0.15) is 5.01 Å². The Hall–Kier alpha value is -2.41. The summed E-state index contributed by atoms with van der Waals surface area (Å²) in [5, 5.41) is 12.8. The topological polar surface area (TPSA) is 88.5 Å². The normalized spacial score (nSPS) is 19.5. The molecular formula is C20H24N2O4S. The molecule has 2 aromatic rings. The lowest BCUT2D eigenvalue weighted by Crippen LogP contribution is -2.39. The van der Waals surface area contributed by atoms with E-state index in [0.29, 0.717) is 5.88 Å². The summed E-state index contributed by atoms with van der Waals surface area (Å²) >= 11 is 1.45. The molecule has 1 aromatic carbocycles. The molecule has 0 bridgehead atoms. The molecular weight excluding hydrogens is 364 g/mol. The van der Waals surface area contributed by atoms with Gasteiger partial charge in [-0.15, -0.1) is 11.3 Å². The predicted molar refractivity (Wildman–Crippen MR) is 104 cm³/mol. The summed E-state index contributed by atoms with van der Waals surface area (Å²) in [5.41, 5.74) is 1.06. The van der Waals surface area contributed by atoms with Crippen molar-refractivity contribution < 1.29 is 19.4 Å². The van der Waals surface area contributed by atoms with Crippen LogP contribution in [0.15, 0.2) is 24.3 Å². The highest BCUT2D eigenvalue weighted by molar-refractivity contribution is 7.15. The number of thiazole rings is 1. The summed E-state index contributed by atoms with van der Waals surface area (Å²) in [6.45, 7) is 4.09. The molecule has 0 atom stereocenters. The molecule has 1 aliphatic rings. The third kappa shape index (κ3) is 5.07. The maximum Gasteiger partial charge on any atom is 0.335 e. The van der Waals surface area contributed by atoms with Crippen LogP contribution in [-0.4, -0.2) is 34.6 Å². The molecule has 0 unspecified atom stereocenters. The monoisotopic (exact) mass is 388 g/mol. The molecule has 1 fully saturated rings. The molecule has 1 amide bonds. The van der Waals surface area contributed by atoms with Gasteiger partial charge < -0.3 is 15.2 Å². The van der Waals surface area contributed by atoms with Crippen LogP contribution in [0.3, 0.4) is 0 Å². The van der Waals surface area contributed by atoms with Gasteiger partial charge in [0.2, 0.25) is 5.88 Å². The summed E-state index contributed by atoms with van der Waals surface area (Å²) in [5.74, 6) is 0.119. The van der Waals surface area contributed by atoms with Crippen LogP contribution in [0, 0.1) is 12.8 Å². The highest BCUT2D eigenvalue weighted by atomic mass is 32.1. The first-order chi connectivity index (χ1) is 12.9. The summed E-state index contributed by atoms with van der Waals surface area (Å²) < 4.78 is 5.62. The van der Waals surface area contributed by atoms with E-state index in [4.69, 9.17) is 9.84 Å². The molecule has 1 heterocycles. The molecule has 0 saturated heterocycles. The molecule has 27 heavy (non-hydrogen) atoms. The number of carbonyl (C=O) groups excluding carboxylic acids is 1. The maximum absolute atomic E-state index is 12.1.